The maximum absolute atomic E-state index is 6.42. The molecule has 25 heavy (non-hydrogen) atoms. The van der Waals surface area contributed by atoms with E-state index in [2.05, 4.69) is 45.1 Å². The van der Waals surface area contributed by atoms with Crippen molar-refractivity contribution >= 4 is 33.3 Å². The second-order valence-electron chi connectivity index (χ2n) is 5.40. The Morgan fingerprint density at radius 1 is 1.20 bits per heavy atom. The molecule has 0 saturated heterocycles. The summed E-state index contributed by atoms with van der Waals surface area (Å²) >= 11 is 9.91. The van der Waals surface area contributed by atoms with Gasteiger partial charge in [0, 0.05) is 12.6 Å². The van der Waals surface area contributed by atoms with E-state index < -0.39 is 0 Å². The van der Waals surface area contributed by atoms with Gasteiger partial charge in [-0.05, 0) is 53.9 Å². The normalized spacial score (nSPS) is 10.8. The van der Waals surface area contributed by atoms with Gasteiger partial charge in [0.2, 0.25) is 0 Å². The number of rotatable bonds is 8. The van der Waals surface area contributed by atoms with Gasteiger partial charge in [-0.1, -0.05) is 25.4 Å². The molecule has 1 aromatic heterocycles. The van der Waals surface area contributed by atoms with Crippen LogP contribution < -0.4 is 14.8 Å². The summed E-state index contributed by atoms with van der Waals surface area (Å²) in [6.45, 7) is 6.69. The number of aromatic nitrogens is 2. The van der Waals surface area contributed by atoms with Crippen molar-refractivity contribution in [3.8, 4) is 22.9 Å². The van der Waals surface area contributed by atoms with Gasteiger partial charge in [0.25, 0.3) is 5.88 Å². The summed E-state index contributed by atoms with van der Waals surface area (Å²) in [5.41, 5.74) is 1.42. The second-order valence-corrected chi connectivity index (χ2v) is 6.56. The maximum Gasteiger partial charge on any atom is 0.258 e. The van der Waals surface area contributed by atoms with Gasteiger partial charge in [0.05, 0.1) is 11.6 Å². The first-order chi connectivity index (χ1) is 12.0. The number of anilines is 1. The molecule has 0 aliphatic rings. The lowest BCUT2D eigenvalue weighted by atomic mass is 10.1. The summed E-state index contributed by atoms with van der Waals surface area (Å²) in [7, 11) is 1.79. The van der Waals surface area contributed by atoms with E-state index in [4.69, 9.17) is 21.1 Å². The Balaban J connectivity index is 2.43. The van der Waals surface area contributed by atoms with Crippen molar-refractivity contribution in [3.63, 3.8) is 0 Å². The first kappa shape index (κ1) is 19.8. The molecule has 0 atom stereocenters. The minimum atomic E-state index is 0.105. The Morgan fingerprint density at radius 2 is 1.92 bits per heavy atom. The Kier molecular flexibility index (Phi) is 7.32. The predicted molar refractivity (Wildman–Crippen MR) is 106 cm³/mol. The van der Waals surface area contributed by atoms with Gasteiger partial charge in [-0.15, -0.1) is 0 Å². The van der Waals surface area contributed by atoms with Crippen molar-refractivity contribution < 1.29 is 9.47 Å². The summed E-state index contributed by atoms with van der Waals surface area (Å²) in [5.74, 6) is 1.78. The highest BCUT2D eigenvalue weighted by Crippen LogP contribution is 2.36. The molecule has 0 unspecified atom stereocenters. The van der Waals surface area contributed by atoms with E-state index in [0.717, 1.165) is 24.2 Å². The number of hydrogen-bond donors (Lipinski definition) is 1. The molecule has 0 radical (unpaired) electrons. The van der Waals surface area contributed by atoms with Gasteiger partial charge in [0.15, 0.2) is 5.82 Å². The van der Waals surface area contributed by atoms with Crippen LogP contribution in [0.25, 0.3) is 11.3 Å². The number of nitrogens with zero attached hydrogens (tertiary/aromatic N) is 2. The van der Waals surface area contributed by atoms with E-state index in [-0.39, 0.29) is 6.10 Å². The fraction of sp³-hybridized carbons (Fsp3) is 0.444. The molecule has 2 rings (SSSR count). The largest absolute Gasteiger partial charge is 0.494 e. The average molecular weight is 429 g/mol. The zero-order valence-electron chi connectivity index (χ0n) is 14.9. The summed E-state index contributed by atoms with van der Waals surface area (Å²) in [6, 6.07) is 5.53. The molecule has 0 fully saturated rings. The van der Waals surface area contributed by atoms with Crippen LogP contribution in [0.1, 0.15) is 33.6 Å². The molecular formula is C18H23BrClN3O2. The van der Waals surface area contributed by atoms with Crippen LogP contribution in [-0.2, 0) is 0 Å². The smallest absolute Gasteiger partial charge is 0.258 e. The predicted octanol–water partition coefficient (Wildman–Crippen LogP) is 5.57. The zero-order chi connectivity index (χ0) is 18.4. The van der Waals surface area contributed by atoms with E-state index >= 15 is 0 Å². The Labute approximate surface area is 162 Å². The fourth-order valence-electron chi connectivity index (χ4n) is 2.37. The molecule has 0 spiro atoms. The van der Waals surface area contributed by atoms with Crippen LogP contribution in [0.2, 0.25) is 5.02 Å². The summed E-state index contributed by atoms with van der Waals surface area (Å²) in [6.07, 6.45) is 1.92. The SMILES string of the molecule is CCOc1ccc(-c2nc(NC)c(OC(CC)CC)nc2Br)c(Cl)c1. The lowest BCUT2D eigenvalue weighted by Crippen LogP contribution is -2.16. The molecule has 0 saturated carbocycles. The van der Waals surface area contributed by atoms with Crippen LogP contribution in [-0.4, -0.2) is 29.7 Å². The van der Waals surface area contributed by atoms with Crippen LogP contribution in [0.3, 0.4) is 0 Å². The standard InChI is InChI=1S/C18H23BrClN3O2/c1-5-11(6-2)25-18-17(21-4)22-15(16(19)23-18)13-9-8-12(24-7-3)10-14(13)20/h8-11H,5-7H2,1-4H3,(H,21,22). The van der Waals surface area contributed by atoms with Crippen LogP contribution in [0.15, 0.2) is 22.8 Å². The molecule has 2 aromatic rings. The fourth-order valence-corrected chi connectivity index (χ4v) is 3.10. The van der Waals surface area contributed by atoms with E-state index in [1.165, 1.54) is 0 Å². The molecule has 5 nitrogen and oxygen atoms in total. The monoisotopic (exact) mass is 427 g/mol. The van der Waals surface area contributed by atoms with Gasteiger partial charge >= 0.3 is 0 Å². The van der Waals surface area contributed by atoms with Crippen molar-refractivity contribution in [1.29, 1.82) is 0 Å². The maximum atomic E-state index is 6.42. The minimum absolute atomic E-state index is 0.105. The minimum Gasteiger partial charge on any atom is -0.494 e. The second kappa shape index (κ2) is 9.25. The number of nitrogens with one attached hydrogen (secondary N) is 1. The summed E-state index contributed by atoms with van der Waals surface area (Å²) in [5, 5.41) is 3.60. The number of benzene rings is 1. The molecule has 1 aromatic carbocycles. The lowest BCUT2D eigenvalue weighted by molar-refractivity contribution is 0.185. The summed E-state index contributed by atoms with van der Waals surface area (Å²) < 4.78 is 12.0. The summed E-state index contributed by atoms with van der Waals surface area (Å²) in [4.78, 5) is 9.18. The first-order valence-electron chi connectivity index (χ1n) is 8.38. The van der Waals surface area contributed by atoms with E-state index in [1.54, 1.807) is 13.1 Å². The van der Waals surface area contributed by atoms with Crippen molar-refractivity contribution in [2.24, 2.45) is 0 Å². The topological polar surface area (TPSA) is 56.3 Å². The van der Waals surface area contributed by atoms with E-state index in [1.807, 2.05) is 19.1 Å². The van der Waals surface area contributed by atoms with Crippen LogP contribution >= 0.6 is 27.5 Å². The molecule has 7 heteroatoms. The third kappa shape index (κ3) is 4.76. The Bertz CT molecular complexity index is 724. The van der Waals surface area contributed by atoms with Gasteiger partial charge in [0.1, 0.15) is 22.2 Å². The number of halogens is 2. The van der Waals surface area contributed by atoms with Crippen molar-refractivity contribution in [3.05, 3.63) is 27.8 Å². The first-order valence-corrected chi connectivity index (χ1v) is 9.55. The highest BCUT2D eigenvalue weighted by molar-refractivity contribution is 9.10. The highest BCUT2D eigenvalue weighted by Gasteiger charge is 2.18. The molecule has 1 heterocycles. The van der Waals surface area contributed by atoms with Gasteiger partial charge < -0.3 is 14.8 Å². The average Bonchev–Trinajstić information content (AvgIpc) is 2.60. The molecule has 0 bridgehead atoms. The molecule has 136 valence electrons. The lowest BCUT2D eigenvalue weighted by Gasteiger charge is -2.18. The van der Waals surface area contributed by atoms with E-state index in [9.17, 15) is 0 Å². The van der Waals surface area contributed by atoms with Crippen molar-refractivity contribution in [2.45, 2.75) is 39.7 Å². The van der Waals surface area contributed by atoms with Crippen LogP contribution in [0.4, 0.5) is 5.82 Å². The van der Waals surface area contributed by atoms with Gasteiger partial charge in [-0.25, -0.2) is 9.97 Å². The molecule has 0 aliphatic heterocycles. The van der Waals surface area contributed by atoms with Crippen molar-refractivity contribution in [1.82, 2.24) is 9.97 Å². The third-order valence-corrected chi connectivity index (χ3v) is 4.62. The van der Waals surface area contributed by atoms with Crippen LogP contribution in [0.5, 0.6) is 11.6 Å². The quantitative estimate of drug-likeness (QED) is 0.596. The number of ether oxygens (including phenoxy) is 2. The highest BCUT2D eigenvalue weighted by atomic mass is 79.9. The van der Waals surface area contributed by atoms with Crippen LogP contribution in [0, 0.1) is 0 Å². The number of hydrogen-bond acceptors (Lipinski definition) is 5. The molecular weight excluding hydrogens is 406 g/mol. The Hall–Kier alpha value is -1.53. The molecule has 0 aliphatic carbocycles. The molecule has 1 N–H and O–H groups in total. The Morgan fingerprint density at radius 3 is 2.48 bits per heavy atom. The molecule has 0 amide bonds. The van der Waals surface area contributed by atoms with Gasteiger partial charge in [-0.3, -0.25) is 0 Å². The third-order valence-electron chi connectivity index (χ3n) is 3.75. The van der Waals surface area contributed by atoms with Crippen molar-refractivity contribution in [2.75, 3.05) is 19.0 Å². The van der Waals surface area contributed by atoms with Gasteiger partial charge in [-0.2, -0.15) is 0 Å². The zero-order valence-corrected chi connectivity index (χ0v) is 17.2. The van der Waals surface area contributed by atoms with E-state index in [0.29, 0.717) is 33.6 Å².